The second kappa shape index (κ2) is 9.22. The summed E-state index contributed by atoms with van der Waals surface area (Å²) in [4.78, 5) is 23.5. The number of aliphatic hydroxyl groups is 1. The molecule has 0 aromatic heterocycles. The minimum absolute atomic E-state index is 0.0443. The van der Waals surface area contributed by atoms with Gasteiger partial charge in [-0.25, -0.2) is 14.0 Å². The molecular weight excluding hydrogens is 387 g/mol. The number of ether oxygens (including phenoxy) is 2. The first-order valence-electron chi connectivity index (χ1n) is 9.52. The molecule has 0 heterocycles. The largest absolute Gasteiger partial charge is 0.451 e. The molecule has 0 saturated heterocycles. The van der Waals surface area contributed by atoms with Crippen LogP contribution in [0.2, 0.25) is 0 Å². The number of hydrogen-bond donors (Lipinski definition) is 1. The highest BCUT2D eigenvalue weighted by Crippen LogP contribution is 2.33. The zero-order valence-corrected chi connectivity index (χ0v) is 17.7. The molecule has 2 unspecified atom stereocenters. The van der Waals surface area contributed by atoms with E-state index in [4.69, 9.17) is 9.47 Å². The number of carbonyl (C=O) groups is 2. The van der Waals surface area contributed by atoms with Gasteiger partial charge in [0, 0.05) is 17.6 Å². The molecule has 2 rings (SSSR count). The van der Waals surface area contributed by atoms with Crippen LogP contribution in [0.25, 0.3) is 5.57 Å². The Hall–Kier alpha value is -2.99. The maximum absolute atomic E-state index is 14.5. The normalized spacial score (nSPS) is 17.3. The van der Waals surface area contributed by atoms with E-state index >= 15 is 0 Å². The lowest BCUT2D eigenvalue weighted by Crippen LogP contribution is -2.32. The van der Waals surface area contributed by atoms with Crippen LogP contribution in [0.3, 0.4) is 0 Å². The summed E-state index contributed by atoms with van der Waals surface area (Å²) in [6.07, 6.45) is 0.841. The van der Waals surface area contributed by atoms with E-state index < -0.39 is 29.8 Å². The molecule has 1 aromatic carbocycles. The van der Waals surface area contributed by atoms with Gasteiger partial charge in [0.15, 0.2) is 12.3 Å². The van der Waals surface area contributed by atoms with Gasteiger partial charge < -0.3 is 14.6 Å². The van der Waals surface area contributed by atoms with E-state index in [0.717, 1.165) is 11.1 Å². The molecule has 0 saturated carbocycles. The predicted octanol–water partition coefficient (Wildman–Crippen LogP) is 4.75. The summed E-state index contributed by atoms with van der Waals surface area (Å²) in [6.45, 7) is 13.2. The molecule has 1 N–H and O–H groups in total. The quantitative estimate of drug-likeness (QED) is 0.515. The van der Waals surface area contributed by atoms with Crippen LogP contribution in [0, 0.1) is 0 Å². The van der Waals surface area contributed by atoms with Crippen LogP contribution >= 0.6 is 0 Å². The molecule has 2 atom stereocenters. The smallest absolute Gasteiger partial charge is 0.338 e. The van der Waals surface area contributed by atoms with Crippen molar-refractivity contribution in [2.24, 2.45) is 0 Å². The summed E-state index contributed by atoms with van der Waals surface area (Å²) in [7, 11) is 0. The molecule has 30 heavy (non-hydrogen) atoms. The Labute approximate surface area is 176 Å². The van der Waals surface area contributed by atoms with Crippen molar-refractivity contribution in [3.63, 3.8) is 0 Å². The minimum atomic E-state index is -1.45. The molecule has 0 aliphatic heterocycles. The van der Waals surface area contributed by atoms with Gasteiger partial charge in [0.1, 0.15) is 11.4 Å². The first kappa shape index (κ1) is 23.3. The number of hydrogen-bond acceptors (Lipinski definition) is 5. The Kier molecular flexibility index (Phi) is 7.16. The van der Waals surface area contributed by atoms with Crippen molar-refractivity contribution in [1.29, 1.82) is 0 Å². The van der Waals surface area contributed by atoms with Crippen LogP contribution in [0.4, 0.5) is 4.39 Å². The number of benzene rings is 1. The van der Waals surface area contributed by atoms with Gasteiger partial charge in [-0.1, -0.05) is 43.5 Å². The van der Waals surface area contributed by atoms with Crippen LogP contribution in [0.5, 0.6) is 0 Å². The number of allylic oxidation sites excluding steroid dienone is 4. The zero-order chi connectivity index (χ0) is 22.6. The van der Waals surface area contributed by atoms with Gasteiger partial charge in [-0.15, -0.1) is 0 Å². The molecule has 0 amide bonds. The molecule has 6 heteroatoms. The van der Waals surface area contributed by atoms with Gasteiger partial charge in [0.2, 0.25) is 0 Å². The van der Waals surface area contributed by atoms with Crippen molar-refractivity contribution < 1.29 is 28.6 Å². The summed E-state index contributed by atoms with van der Waals surface area (Å²) in [6, 6.07) is 6.97. The second-order valence-electron chi connectivity index (χ2n) is 7.94. The number of carbonyl (C=O) groups excluding carboxylic acids is 2. The Morgan fingerprint density at radius 1 is 1.10 bits per heavy atom. The van der Waals surface area contributed by atoms with Crippen molar-refractivity contribution in [3.8, 4) is 0 Å². The van der Waals surface area contributed by atoms with Crippen LogP contribution in [-0.2, 0) is 19.1 Å². The van der Waals surface area contributed by atoms with Crippen molar-refractivity contribution >= 4 is 17.5 Å². The van der Waals surface area contributed by atoms with Crippen LogP contribution in [0.1, 0.15) is 51.3 Å². The summed E-state index contributed by atoms with van der Waals surface area (Å²) < 4.78 is 24.9. The van der Waals surface area contributed by atoms with Gasteiger partial charge >= 0.3 is 11.9 Å². The van der Waals surface area contributed by atoms with Crippen molar-refractivity contribution in [3.05, 3.63) is 77.6 Å². The summed E-state index contributed by atoms with van der Waals surface area (Å²) in [5.41, 5.74) is 1.21. The average Bonchev–Trinajstić information content (AvgIpc) is 2.66. The van der Waals surface area contributed by atoms with Gasteiger partial charge in [-0.05, 0) is 50.5 Å². The fourth-order valence-corrected chi connectivity index (χ4v) is 2.85. The molecule has 0 radical (unpaired) electrons. The van der Waals surface area contributed by atoms with Crippen LogP contribution in [-0.4, -0.2) is 28.8 Å². The number of esters is 2. The van der Waals surface area contributed by atoms with Gasteiger partial charge in [-0.3, -0.25) is 0 Å². The molecular formula is C24H27FO5. The van der Waals surface area contributed by atoms with Crippen LogP contribution < -0.4 is 0 Å². The van der Waals surface area contributed by atoms with Crippen LogP contribution in [0.15, 0.2) is 66.5 Å². The Balaban J connectivity index is 2.24. The SMILES string of the molecule is C=C(C)C(=O)OC1=CC=C(c2ccc(C(OC(=O)C(=C)C)C(C)(C)O)cc2)CC1F. The van der Waals surface area contributed by atoms with E-state index in [1.165, 1.54) is 19.9 Å². The first-order valence-corrected chi connectivity index (χ1v) is 9.52. The third kappa shape index (κ3) is 5.76. The topological polar surface area (TPSA) is 72.8 Å². The van der Waals surface area contributed by atoms with Gasteiger partial charge in [-0.2, -0.15) is 0 Å². The number of alkyl halides is 1. The summed E-state index contributed by atoms with van der Waals surface area (Å²) in [5, 5.41) is 10.4. The maximum Gasteiger partial charge on any atom is 0.338 e. The monoisotopic (exact) mass is 414 g/mol. The molecule has 1 aliphatic rings. The fraction of sp³-hybridized carbons (Fsp3) is 0.333. The Bertz CT molecular complexity index is 916. The van der Waals surface area contributed by atoms with Gasteiger partial charge in [0.05, 0.1) is 0 Å². The second-order valence-corrected chi connectivity index (χ2v) is 7.94. The third-order valence-electron chi connectivity index (χ3n) is 4.51. The van der Waals surface area contributed by atoms with E-state index in [-0.39, 0.29) is 23.3 Å². The lowest BCUT2D eigenvalue weighted by atomic mass is 9.91. The zero-order valence-electron chi connectivity index (χ0n) is 17.7. The Morgan fingerprint density at radius 2 is 1.67 bits per heavy atom. The molecule has 1 aromatic rings. The van der Waals surface area contributed by atoms with E-state index in [2.05, 4.69) is 13.2 Å². The average molecular weight is 414 g/mol. The van der Waals surface area contributed by atoms with Crippen molar-refractivity contribution in [1.82, 2.24) is 0 Å². The standard InChI is InChI=1S/C24H27FO5/c1-14(2)22(26)29-20-12-11-18(13-19(20)25)16-7-9-17(10-8-16)21(24(5,6)28)30-23(27)15(3)4/h7-12,19,21,28H,1,3,13H2,2,4-6H3. The lowest BCUT2D eigenvalue weighted by Gasteiger charge is -2.29. The van der Waals surface area contributed by atoms with Crippen molar-refractivity contribution in [2.45, 2.75) is 52.0 Å². The summed E-state index contributed by atoms with van der Waals surface area (Å²) >= 11 is 0. The highest BCUT2D eigenvalue weighted by molar-refractivity contribution is 5.88. The fourth-order valence-electron chi connectivity index (χ4n) is 2.85. The highest BCUT2D eigenvalue weighted by Gasteiger charge is 2.32. The highest BCUT2D eigenvalue weighted by atomic mass is 19.1. The summed E-state index contributed by atoms with van der Waals surface area (Å²) in [5.74, 6) is -1.30. The molecule has 0 fully saturated rings. The van der Waals surface area contributed by atoms with E-state index in [9.17, 15) is 19.1 Å². The van der Waals surface area contributed by atoms with E-state index in [0.29, 0.717) is 5.56 Å². The molecule has 0 spiro atoms. The molecule has 160 valence electrons. The predicted molar refractivity (Wildman–Crippen MR) is 113 cm³/mol. The maximum atomic E-state index is 14.5. The first-order chi connectivity index (χ1) is 13.9. The number of halogens is 1. The van der Waals surface area contributed by atoms with Gasteiger partial charge in [0.25, 0.3) is 0 Å². The molecule has 1 aliphatic carbocycles. The lowest BCUT2D eigenvalue weighted by molar-refractivity contribution is -0.158. The third-order valence-corrected chi connectivity index (χ3v) is 4.51. The number of rotatable bonds is 7. The van der Waals surface area contributed by atoms with Crippen molar-refractivity contribution in [2.75, 3.05) is 0 Å². The van der Waals surface area contributed by atoms with E-state index in [1.807, 2.05) is 0 Å². The van der Waals surface area contributed by atoms with E-state index in [1.54, 1.807) is 44.2 Å². The Morgan fingerprint density at radius 3 is 2.13 bits per heavy atom. The minimum Gasteiger partial charge on any atom is -0.451 e. The molecule has 5 nitrogen and oxygen atoms in total. The molecule has 0 bridgehead atoms.